The van der Waals surface area contributed by atoms with Crippen LogP contribution in [0, 0.1) is 5.82 Å². The van der Waals surface area contributed by atoms with Crippen LogP contribution in [0.15, 0.2) is 66.0 Å². The summed E-state index contributed by atoms with van der Waals surface area (Å²) in [6.07, 6.45) is -1.76. The number of aliphatic hydroxyl groups excluding tert-OH is 2. The van der Waals surface area contributed by atoms with Crippen molar-refractivity contribution in [1.29, 1.82) is 0 Å². The number of benzene rings is 2. The van der Waals surface area contributed by atoms with Crippen LogP contribution in [-0.2, 0) is 12.7 Å². The van der Waals surface area contributed by atoms with E-state index in [0.29, 0.717) is 35.8 Å². The predicted molar refractivity (Wildman–Crippen MR) is 128 cm³/mol. The largest absolute Gasteiger partial charge is 0.439 e. The second kappa shape index (κ2) is 11.0. The molecule has 2 aromatic carbocycles. The summed E-state index contributed by atoms with van der Waals surface area (Å²) in [5.74, 6) is -0.172. The summed E-state index contributed by atoms with van der Waals surface area (Å²) in [7, 11) is 0. The van der Waals surface area contributed by atoms with Crippen LogP contribution in [-0.4, -0.2) is 49.8 Å². The number of aromatic nitrogens is 3. The van der Waals surface area contributed by atoms with Gasteiger partial charge in [0.2, 0.25) is 5.88 Å². The number of nitrogens with zero attached hydrogens (tertiary/aromatic N) is 4. The normalized spacial score (nSPS) is 12.5. The summed E-state index contributed by atoms with van der Waals surface area (Å²) in [5, 5.41) is 22.1. The lowest BCUT2D eigenvalue weighted by molar-refractivity contribution is -0.139. The Morgan fingerprint density at radius 1 is 1.08 bits per heavy atom. The average molecular weight is 517 g/mol. The molecule has 2 heterocycles. The van der Waals surface area contributed by atoms with E-state index in [1.807, 2.05) is 0 Å². The van der Waals surface area contributed by atoms with Crippen LogP contribution in [0.25, 0.3) is 10.9 Å². The maximum absolute atomic E-state index is 13.6. The highest BCUT2D eigenvalue weighted by atomic mass is 19.4. The van der Waals surface area contributed by atoms with Crippen molar-refractivity contribution in [3.63, 3.8) is 0 Å². The Morgan fingerprint density at radius 3 is 2.59 bits per heavy atom. The maximum Gasteiger partial charge on any atom is 0.419 e. The van der Waals surface area contributed by atoms with Crippen LogP contribution in [0.5, 0.6) is 11.6 Å². The van der Waals surface area contributed by atoms with Crippen molar-refractivity contribution in [2.75, 3.05) is 13.2 Å². The highest BCUT2D eigenvalue weighted by molar-refractivity contribution is 5.95. The molecule has 2 aromatic heterocycles. The van der Waals surface area contributed by atoms with E-state index < -0.39 is 23.6 Å². The Morgan fingerprint density at radius 2 is 1.86 bits per heavy atom. The monoisotopic (exact) mass is 517 g/mol. The molecule has 4 aromatic rings. The van der Waals surface area contributed by atoms with Gasteiger partial charge in [0.05, 0.1) is 41.7 Å². The number of halogens is 4. The molecule has 0 unspecified atom stereocenters. The van der Waals surface area contributed by atoms with E-state index >= 15 is 0 Å². The topological polar surface area (TPSA) is 105 Å². The molecule has 0 aliphatic rings. The smallest absolute Gasteiger partial charge is 0.419 e. The molecule has 0 radical (unpaired) electrons. The number of hydrogen-bond donors (Lipinski definition) is 3. The van der Waals surface area contributed by atoms with E-state index in [0.717, 1.165) is 17.0 Å². The van der Waals surface area contributed by atoms with E-state index in [9.17, 15) is 17.6 Å². The van der Waals surface area contributed by atoms with E-state index in [-0.39, 0.29) is 18.9 Å². The minimum Gasteiger partial charge on any atom is -0.439 e. The number of fused-ring (bicyclic) bond motifs is 1. The van der Waals surface area contributed by atoms with Crippen LogP contribution in [0.3, 0.4) is 0 Å². The van der Waals surface area contributed by atoms with Crippen LogP contribution >= 0.6 is 0 Å². The van der Waals surface area contributed by atoms with Crippen molar-refractivity contribution in [2.24, 2.45) is 4.99 Å². The summed E-state index contributed by atoms with van der Waals surface area (Å²) in [6, 6.07) is 10.8. The molecule has 0 atom stereocenters. The summed E-state index contributed by atoms with van der Waals surface area (Å²) in [5.41, 5.74) is -0.0545. The van der Waals surface area contributed by atoms with Gasteiger partial charge < -0.3 is 24.8 Å². The van der Waals surface area contributed by atoms with E-state index in [2.05, 4.69) is 20.3 Å². The van der Waals surface area contributed by atoms with Gasteiger partial charge in [-0.3, -0.25) is 0 Å². The summed E-state index contributed by atoms with van der Waals surface area (Å²) in [6.45, 7) is 1.50. The molecule has 194 valence electrons. The van der Waals surface area contributed by atoms with Crippen molar-refractivity contribution in [3.05, 3.63) is 78.1 Å². The zero-order valence-electron chi connectivity index (χ0n) is 19.6. The SMILES string of the molecule is CC(=Nc1ccc(F)c(C(F)(F)F)c1)n1ccc2cc(Oc3cc(CNC(CO)CO)ncn3)ccc21. The Kier molecular flexibility index (Phi) is 7.81. The van der Waals surface area contributed by atoms with E-state index in [1.54, 1.807) is 48.0 Å². The molecule has 8 nitrogen and oxygen atoms in total. The van der Waals surface area contributed by atoms with Gasteiger partial charge in [-0.05, 0) is 49.4 Å². The quantitative estimate of drug-likeness (QED) is 0.182. The van der Waals surface area contributed by atoms with Crippen molar-refractivity contribution in [1.82, 2.24) is 19.9 Å². The van der Waals surface area contributed by atoms with E-state index in [1.165, 1.54) is 12.4 Å². The Hall–Kier alpha value is -3.87. The molecule has 0 aliphatic carbocycles. The minimum absolute atomic E-state index is 0.0219. The fraction of sp³-hybridized carbons (Fsp3) is 0.240. The Balaban J connectivity index is 1.52. The third kappa shape index (κ3) is 6.28. The first-order chi connectivity index (χ1) is 17.7. The van der Waals surface area contributed by atoms with Crippen LogP contribution in [0.1, 0.15) is 18.2 Å². The number of alkyl halides is 3. The highest BCUT2D eigenvalue weighted by Crippen LogP contribution is 2.34. The minimum atomic E-state index is -4.82. The number of ether oxygens (including phenoxy) is 1. The lowest BCUT2D eigenvalue weighted by atomic mass is 10.2. The molecule has 0 bridgehead atoms. The number of hydrogen-bond acceptors (Lipinski definition) is 7. The Bertz CT molecular complexity index is 1420. The lowest BCUT2D eigenvalue weighted by Gasteiger charge is -2.13. The first kappa shape index (κ1) is 26.2. The molecule has 0 aliphatic heterocycles. The predicted octanol–water partition coefficient (Wildman–Crippen LogP) is 4.42. The van der Waals surface area contributed by atoms with Gasteiger partial charge in [0.1, 0.15) is 23.7 Å². The van der Waals surface area contributed by atoms with Crippen LogP contribution in [0.2, 0.25) is 0 Å². The summed E-state index contributed by atoms with van der Waals surface area (Å²) >= 11 is 0. The van der Waals surface area contributed by atoms with Crippen LogP contribution < -0.4 is 10.1 Å². The molecular weight excluding hydrogens is 494 g/mol. The first-order valence-electron chi connectivity index (χ1n) is 11.2. The lowest BCUT2D eigenvalue weighted by Crippen LogP contribution is -2.35. The number of aliphatic hydroxyl groups is 2. The van der Waals surface area contributed by atoms with Crippen LogP contribution in [0.4, 0.5) is 23.2 Å². The molecule has 0 fully saturated rings. The molecule has 0 saturated heterocycles. The van der Waals surface area contributed by atoms with Gasteiger partial charge in [0, 0.05) is 24.2 Å². The maximum atomic E-state index is 13.6. The first-order valence-corrected chi connectivity index (χ1v) is 11.2. The molecule has 12 heteroatoms. The average Bonchev–Trinajstić information content (AvgIpc) is 3.29. The fourth-order valence-electron chi connectivity index (χ4n) is 3.59. The molecule has 0 spiro atoms. The van der Waals surface area contributed by atoms with Crippen molar-refractivity contribution in [3.8, 4) is 11.6 Å². The number of rotatable bonds is 8. The van der Waals surface area contributed by atoms with E-state index in [4.69, 9.17) is 14.9 Å². The molecule has 3 N–H and O–H groups in total. The highest BCUT2D eigenvalue weighted by Gasteiger charge is 2.34. The third-order valence-corrected chi connectivity index (χ3v) is 5.49. The zero-order chi connectivity index (χ0) is 26.6. The standard InChI is InChI=1S/C25H23F4N5O3/c1-15(33-17-2-4-22(26)21(9-17)25(27,28)29)34-7-6-16-8-20(3-5-23(16)34)37-24-10-18(31-14-32-24)11-30-19(12-35)13-36/h2-10,14,19,30,35-36H,11-13H2,1H3. The summed E-state index contributed by atoms with van der Waals surface area (Å²) in [4.78, 5) is 12.5. The van der Waals surface area contributed by atoms with Gasteiger partial charge in [-0.25, -0.2) is 19.4 Å². The zero-order valence-corrected chi connectivity index (χ0v) is 19.6. The van der Waals surface area contributed by atoms with Gasteiger partial charge in [0.25, 0.3) is 0 Å². The fourth-order valence-corrected chi connectivity index (χ4v) is 3.59. The third-order valence-electron chi connectivity index (χ3n) is 5.49. The second-order valence-corrected chi connectivity index (χ2v) is 8.12. The molecular formula is C25H23F4N5O3. The van der Waals surface area contributed by atoms with Gasteiger partial charge in [0.15, 0.2) is 0 Å². The summed E-state index contributed by atoms with van der Waals surface area (Å²) < 4.78 is 60.2. The van der Waals surface area contributed by atoms with Gasteiger partial charge in [-0.15, -0.1) is 0 Å². The molecule has 0 amide bonds. The molecule has 4 rings (SSSR count). The van der Waals surface area contributed by atoms with Gasteiger partial charge in [-0.2, -0.15) is 13.2 Å². The second-order valence-electron chi connectivity index (χ2n) is 8.12. The molecule has 0 saturated carbocycles. The van der Waals surface area contributed by atoms with Crippen molar-refractivity contribution >= 4 is 22.4 Å². The number of aliphatic imine (C=N–C) groups is 1. The molecule has 37 heavy (non-hydrogen) atoms. The Labute approximate surface area is 208 Å². The van der Waals surface area contributed by atoms with Crippen molar-refractivity contribution in [2.45, 2.75) is 25.7 Å². The number of nitrogens with one attached hydrogen (secondary N) is 1. The van der Waals surface area contributed by atoms with Gasteiger partial charge >= 0.3 is 6.18 Å². The van der Waals surface area contributed by atoms with Crippen molar-refractivity contribution < 1.29 is 32.5 Å². The van der Waals surface area contributed by atoms with Gasteiger partial charge in [-0.1, -0.05) is 0 Å².